The first kappa shape index (κ1) is 10.1. The van der Waals surface area contributed by atoms with E-state index in [0.29, 0.717) is 5.69 Å². The van der Waals surface area contributed by atoms with Crippen LogP contribution in [0.5, 0.6) is 11.8 Å². The van der Waals surface area contributed by atoms with Gasteiger partial charge in [-0.2, -0.15) is 0 Å². The summed E-state index contributed by atoms with van der Waals surface area (Å²) in [5.74, 6) is -2.10. The molecule has 0 saturated heterocycles. The highest BCUT2D eigenvalue weighted by Crippen LogP contribution is 2.31. The zero-order valence-corrected chi connectivity index (χ0v) is 8.16. The van der Waals surface area contributed by atoms with Crippen LogP contribution in [0, 0.1) is 0 Å². The standard InChI is InChI=1S/C11H9NO4/c13-9-6-8(11(15)16)10(14)12(9)7-4-2-1-3-5-7/h1-6,13-14H,(H,15,16). The molecule has 0 spiro atoms. The molecule has 1 heterocycles. The molecule has 0 amide bonds. The number of hydrogen-bond acceptors (Lipinski definition) is 3. The van der Waals surface area contributed by atoms with E-state index >= 15 is 0 Å². The van der Waals surface area contributed by atoms with Gasteiger partial charge >= 0.3 is 5.97 Å². The Hall–Kier alpha value is -2.43. The van der Waals surface area contributed by atoms with Crippen LogP contribution in [0.4, 0.5) is 0 Å². The van der Waals surface area contributed by atoms with Crippen LogP contribution in [0.25, 0.3) is 5.69 Å². The van der Waals surface area contributed by atoms with Crippen LogP contribution in [0.1, 0.15) is 10.4 Å². The van der Waals surface area contributed by atoms with Gasteiger partial charge in [0.15, 0.2) is 5.88 Å². The number of para-hydroxylation sites is 1. The number of aromatic hydroxyl groups is 2. The number of aromatic nitrogens is 1. The second-order valence-electron chi connectivity index (χ2n) is 3.22. The molecule has 0 radical (unpaired) electrons. The topological polar surface area (TPSA) is 82.7 Å². The van der Waals surface area contributed by atoms with E-state index in [1.807, 2.05) is 0 Å². The van der Waals surface area contributed by atoms with Gasteiger partial charge in [-0.1, -0.05) is 18.2 Å². The molecule has 0 aliphatic heterocycles. The largest absolute Gasteiger partial charge is 0.494 e. The fourth-order valence-electron chi connectivity index (χ4n) is 1.48. The molecule has 1 aromatic carbocycles. The summed E-state index contributed by atoms with van der Waals surface area (Å²) in [4.78, 5) is 10.7. The Morgan fingerprint density at radius 2 is 1.75 bits per heavy atom. The first-order valence-corrected chi connectivity index (χ1v) is 4.53. The predicted molar refractivity (Wildman–Crippen MR) is 56.1 cm³/mol. The monoisotopic (exact) mass is 219 g/mol. The number of rotatable bonds is 2. The smallest absolute Gasteiger partial charge is 0.341 e. The molecule has 16 heavy (non-hydrogen) atoms. The van der Waals surface area contributed by atoms with Crippen molar-refractivity contribution in [2.24, 2.45) is 0 Å². The van der Waals surface area contributed by atoms with Gasteiger partial charge in [-0.3, -0.25) is 4.57 Å². The number of carboxylic acid groups (broad SMARTS) is 1. The van der Waals surface area contributed by atoms with Crippen molar-refractivity contribution in [1.29, 1.82) is 0 Å². The van der Waals surface area contributed by atoms with Gasteiger partial charge in [-0.05, 0) is 12.1 Å². The SMILES string of the molecule is O=C(O)c1cc(O)n(-c2ccccc2)c1O. The summed E-state index contributed by atoms with van der Waals surface area (Å²) < 4.78 is 1.06. The summed E-state index contributed by atoms with van der Waals surface area (Å²) >= 11 is 0. The maximum absolute atomic E-state index is 10.7. The lowest BCUT2D eigenvalue weighted by Gasteiger charge is -2.05. The molecule has 82 valence electrons. The van der Waals surface area contributed by atoms with Crippen molar-refractivity contribution < 1.29 is 20.1 Å². The van der Waals surface area contributed by atoms with Gasteiger partial charge in [0, 0.05) is 6.07 Å². The lowest BCUT2D eigenvalue weighted by molar-refractivity contribution is 0.0693. The van der Waals surface area contributed by atoms with Crippen LogP contribution in [0.3, 0.4) is 0 Å². The molecule has 0 fully saturated rings. The van der Waals surface area contributed by atoms with E-state index in [-0.39, 0.29) is 11.4 Å². The third-order valence-electron chi connectivity index (χ3n) is 2.20. The lowest BCUT2D eigenvalue weighted by atomic mass is 10.3. The zero-order valence-electron chi connectivity index (χ0n) is 8.16. The minimum Gasteiger partial charge on any atom is -0.494 e. The lowest BCUT2D eigenvalue weighted by Crippen LogP contribution is -1.96. The second-order valence-corrected chi connectivity index (χ2v) is 3.22. The van der Waals surface area contributed by atoms with Gasteiger partial charge in [0.05, 0.1) is 5.69 Å². The highest BCUT2D eigenvalue weighted by molar-refractivity contribution is 5.91. The molecule has 2 rings (SSSR count). The Kier molecular flexibility index (Phi) is 2.28. The molecule has 0 atom stereocenters. The highest BCUT2D eigenvalue weighted by Gasteiger charge is 2.19. The molecule has 5 nitrogen and oxygen atoms in total. The van der Waals surface area contributed by atoms with Crippen molar-refractivity contribution in [2.75, 3.05) is 0 Å². The summed E-state index contributed by atoms with van der Waals surface area (Å²) in [6.07, 6.45) is 0. The average molecular weight is 219 g/mol. The number of aromatic carboxylic acids is 1. The van der Waals surface area contributed by atoms with E-state index in [9.17, 15) is 15.0 Å². The van der Waals surface area contributed by atoms with Gasteiger partial charge in [-0.25, -0.2) is 4.79 Å². The third-order valence-corrected chi connectivity index (χ3v) is 2.20. The van der Waals surface area contributed by atoms with Crippen molar-refractivity contribution >= 4 is 5.97 Å². The highest BCUT2D eigenvalue weighted by atomic mass is 16.4. The Labute approximate surface area is 90.8 Å². The van der Waals surface area contributed by atoms with Crippen LogP contribution >= 0.6 is 0 Å². The van der Waals surface area contributed by atoms with Crippen LogP contribution in [-0.2, 0) is 0 Å². The third kappa shape index (κ3) is 1.48. The van der Waals surface area contributed by atoms with Crippen LogP contribution in [0.15, 0.2) is 36.4 Å². The summed E-state index contributed by atoms with van der Waals surface area (Å²) in [6, 6.07) is 9.50. The van der Waals surface area contributed by atoms with Crippen LogP contribution in [-0.4, -0.2) is 25.9 Å². The summed E-state index contributed by atoms with van der Waals surface area (Å²) in [6.45, 7) is 0. The summed E-state index contributed by atoms with van der Waals surface area (Å²) in [7, 11) is 0. The number of carbonyl (C=O) groups is 1. The van der Waals surface area contributed by atoms with Crippen LogP contribution in [0.2, 0.25) is 0 Å². The molecule has 0 saturated carbocycles. The molecule has 0 unspecified atom stereocenters. The van der Waals surface area contributed by atoms with E-state index in [0.717, 1.165) is 10.6 Å². The first-order chi connectivity index (χ1) is 7.61. The molecule has 0 aliphatic rings. The van der Waals surface area contributed by atoms with Crippen molar-refractivity contribution in [3.05, 3.63) is 42.0 Å². The number of carboxylic acids is 1. The predicted octanol–water partition coefficient (Wildman–Crippen LogP) is 1.59. The van der Waals surface area contributed by atoms with Gasteiger partial charge in [0.1, 0.15) is 5.56 Å². The molecule has 0 aliphatic carbocycles. The van der Waals surface area contributed by atoms with E-state index < -0.39 is 11.8 Å². The number of hydrogen-bond donors (Lipinski definition) is 3. The fraction of sp³-hybridized carbons (Fsp3) is 0. The first-order valence-electron chi connectivity index (χ1n) is 4.53. The van der Waals surface area contributed by atoms with E-state index in [4.69, 9.17) is 5.11 Å². The summed E-state index contributed by atoms with van der Waals surface area (Å²) in [5.41, 5.74) is 0.159. The van der Waals surface area contributed by atoms with Crippen LogP contribution < -0.4 is 0 Å². The maximum atomic E-state index is 10.7. The molecular formula is C11H9NO4. The molecular weight excluding hydrogens is 210 g/mol. The Bertz CT molecular complexity index is 530. The van der Waals surface area contributed by atoms with Gasteiger partial charge in [-0.15, -0.1) is 0 Å². The Morgan fingerprint density at radius 1 is 1.12 bits per heavy atom. The molecule has 3 N–H and O–H groups in total. The van der Waals surface area contributed by atoms with Gasteiger partial charge in [0.25, 0.3) is 0 Å². The molecule has 5 heteroatoms. The second kappa shape index (κ2) is 3.62. The van der Waals surface area contributed by atoms with E-state index in [1.165, 1.54) is 0 Å². The normalized spacial score (nSPS) is 10.2. The minimum absolute atomic E-state index is 0.318. The van der Waals surface area contributed by atoms with E-state index in [2.05, 4.69) is 0 Å². The quantitative estimate of drug-likeness (QED) is 0.716. The van der Waals surface area contributed by atoms with E-state index in [1.54, 1.807) is 30.3 Å². The maximum Gasteiger partial charge on any atom is 0.341 e. The number of nitrogens with zero attached hydrogens (tertiary/aromatic N) is 1. The molecule has 2 aromatic rings. The molecule has 0 bridgehead atoms. The fourth-order valence-corrected chi connectivity index (χ4v) is 1.48. The molecule has 1 aromatic heterocycles. The average Bonchev–Trinajstić information content (AvgIpc) is 2.56. The zero-order chi connectivity index (χ0) is 11.7. The van der Waals surface area contributed by atoms with Crippen molar-refractivity contribution in [2.45, 2.75) is 0 Å². The van der Waals surface area contributed by atoms with Crippen molar-refractivity contribution in [3.63, 3.8) is 0 Å². The van der Waals surface area contributed by atoms with Gasteiger partial charge < -0.3 is 15.3 Å². The van der Waals surface area contributed by atoms with Gasteiger partial charge in [0.2, 0.25) is 5.88 Å². The van der Waals surface area contributed by atoms with Crippen molar-refractivity contribution in [3.8, 4) is 17.4 Å². The Morgan fingerprint density at radius 3 is 2.25 bits per heavy atom. The van der Waals surface area contributed by atoms with Crippen molar-refractivity contribution in [1.82, 2.24) is 4.57 Å². The minimum atomic E-state index is -1.29. The number of benzene rings is 1. The Balaban J connectivity index is 2.63. The summed E-state index contributed by atoms with van der Waals surface area (Å²) in [5, 5.41) is 28.0.